The Bertz CT molecular complexity index is 672. The van der Waals surface area contributed by atoms with Gasteiger partial charge in [-0.3, -0.25) is 5.43 Å². The maximum Gasteiger partial charge on any atom is 0.184 e. The molecule has 0 aliphatic carbocycles. The second-order valence-corrected chi connectivity index (χ2v) is 6.39. The highest BCUT2D eigenvalue weighted by Gasteiger charge is 2.01. The highest BCUT2D eigenvalue weighted by atomic mass is 32.2. The number of hydrogen-bond donors (Lipinski definition) is 2. The fourth-order valence-electron chi connectivity index (χ4n) is 1.83. The molecule has 0 spiro atoms. The van der Waals surface area contributed by atoms with E-state index >= 15 is 0 Å². The number of benzene rings is 2. The number of ether oxygens (including phenoxy) is 1. The van der Waals surface area contributed by atoms with E-state index in [0.29, 0.717) is 6.61 Å². The Morgan fingerprint density at radius 1 is 1.26 bits per heavy atom. The van der Waals surface area contributed by atoms with Gasteiger partial charge < -0.3 is 10.5 Å². The lowest BCUT2D eigenvalue weighted by atomic mass is 10.2. The molecule has 2 aromatic carbocycles. The minimum absolute atomic E-state index is 0.133. The van der Waals surface area contributed by atoms with E-state index in [1.807, 2.05) is 24.3 Å². The van der Waals surface area contributed by atoms with E-state index < -0.39 is 0 Å². The van der Waals surface area contributed by atoms with Crippen LogP contribution >= 0.6 is 24.0 Å². The van der Waals surface area contributed by atoms with E-state index in [9.17, 15) is 0 Å². The van der Waals surface area contributed by atoms with Gasteiger partial charge in [-0.2, -0.15) is 5.10 Å². The number of hydrogen-bond acceptors (Lipinski definition) is 4. The van der Waals surface area contributed by atoms with Crippen molar-refractivity contribution < 1.29 is 4.74 Å². The van der Waals surface area contributed by atoms with Crippen LogP contribution in [0.2, 0.25) is 0 Å². The number of thiocarbonyl (C=S) groups is 1. The van der Waals surface area contributed by atoms with Crippen LogP contribution in [-0.2, 0) is 0 Å². The van der Waals surface area contributed by atoms with Crippen LogP contribution in [0, 0.1) is 6.92 Å². The first-order chi connectivity index (χ1) is 11.1. The molecule has 2 rings (SSSR count). The van der Waals surface area contributed by atoms with E-state index in [-0.39, 0.29) is 5.11 Å². The summed E-state index contributed by atoms with van der Waals surface area (Å²) in [5.41, 5.74) is 10.0. The predicted molar refractivity (Wildman–Crippen MR) is 101 cm³/mol. The van der Waals surface area contributed by atoms with Crippen LogP contribution in [0.15, 0.2) is 58.5 Å². The summed E-state index contributed by atoms with van der Waals surface area (Å²) in [6.45, 7) is 2.70. The molecule has 3 N–H and O–H groups in total. The second-order valence-electron chi connectivity index (χ2n) is 4.78. The topological polar surface area (TPSA) is 59.6 Å². The summed E-state index contributed by atoms with van der Waals surface area (Å²) < 4.78 is 5.84. The zero-order valence-corrected chi connectivity index (χ0v) is 14.5. The van der Waals surface area contributed by atoms with Gasteiger partial charge in [0.25, 0.3) is 0 Å². The standard InChI is InChI=1S/C17H19N3OS2/c1-13-6-8-15(9-7-13)23-11-10-21-16-5-3-2-4-14(16)12-19-20-17(18)22/h2-9,12H,10-11H2,1H3,(H3,18,20,22)/b19-12-. The van der Waals surface area contributed by atoms with Gasteiger partial charge >= 0.3 is 0 Å². The first-order valence-electron chi connectivity index (χ1n) is 7.15. The summed E-state index contributed by atoms with van der Waals surface area (Å²) in [7, 11) is 0. The molecule has 0 atom stereocenters. The molecule has 0 aliphatic heterocycles. The van der Waals surface area contributed by atoms with Crippen LogP contribution < -0.4 is 15.9 Å². The summed E-state index contributed by atoms with van der Waals surface area (Å²) in [5, 5.41) is 4.09. The van der Waals surface area contributed by atoms with Crippen molar-refractivity contribution in [3.63, 3.8) is 0 Å². The van der Waals surface area contributed by atoms with Gasteiger partial charge in [0.2, 0.25) is 0 Å². The molecule has 120 valence electrons. The lowest BCUT2D eigenvalue weighted by molar-refractivity contribution is 0.343. The first kappa shape index (κ1) is 17.3. The minimum Gasteiger partial charge on any atom is -0.492 e. The third-order valence-corrected chi connectivity index (χ3v) is 4.00. The lowest BCUT2D eigenvalue weighted by Gasteiger charge is -2.09. The molecule has 0 heterocycles. The quantitative estimate of drug-likeness (QED) is 0.265. The molecule has 0 aliphatic rings. The number of hydrazone groups is 1. The van der Waals surface area contributed by atoms with Gasteiger partial charge in [0.15, 0.2) is 5.11 Å². The maximum absolute atomic E-state index is 5.84. The van der Waals surface area contributed by atoms with Gasteiger partial charge in [-0.25, -0.2) is 0 Å². The SMILES string of the molecule is Cc1ccc(SCCOc2ccccc2/C=N\NC(N)=S)cc1. The van der Waals surface area contributed by atoms with E-state index in [2.05, 4.69) is 41.7 Å². The lowest BCUT2D eigenvalue weighted by Crippen LogP contribution is -2.24. The molecular weight excluding hydrogens is 326 g/mol. The Morgan fingerprint density at radius 2 is 2.00 bits per heavy atom. The molecule has 0 fully saturated rings. The second kappa shape index (κ2) is 9.17. The Morgan fingerprint density at radius 3 is 2.74 bits per heavy atom. The summed E-state index contributed by atoms with van der Waals surface area (Å²) in [6.07, 6.45) is 1.64. The number of nitrogens with two attached hydrogens (primary N) is 1. The smallest absolute Gasteiger partial charge is 0.184 e. The van der Waals surface area contributed by atoms with Crippen molar-refractivity contribution in [2.24, 2.45) is 10.8 Å². The molecule has 0 amide bonds. The van der Waals surface area contributed by atoms with Crippen LogP contribution in [0.25, 0.3) is 0 Å². The molecule has 0 radical (unpaired) electrons. The van der Waals surface area contributed by atoms with E-state index in [4.69, 9.17) is 22.7 Å². The molecule has 6 heteroatoms. The van der Waals surface area contributed by atoms with Crippen LogP contribution in [0.1, 0.15) is 11.1 Å². The van der Waals surface area contributed by atoms with Gasteiger partial charge in [-0.05, 0) is 43.4 Å². The molecule has 2 aromatic rings. The van der Waals surface area contributed by atoms with Gasteiger partial charge in [-0.1, -0.05) is 29.8 Å². The highest BCUT2D eigenvalue weighted by Crippen LogP contribution is 2.20. The molecule has 4 nitrogen and oxygen atoms in total. The fourth-order valence-corrected chi connectivity index (χ4v) is 2.61. The van der Waals surface area contributed by atoms with E-state index in [1.54, 1.807) is 18.0 Å². The van der Waals surface area contributed by atoms with E-state index in [0.717, 1.165) is 17.1 Å². The highest BCUT2D eigenvalue weighted by molar-refractivity contribution is 7.99. The monoisotopic (exact) mass is 345 g/mol. The zero-order valence-electron chi connectivity index (χ0n) is 12.9. The summed E-state index contributed by atoms with van der Waals surface area (Å²) in [5.74, 6) is 1.66. The molecule has 0 unspecified atom stereocenters. The van der Waals surface area contributed by atoms with E-state index in [1.165, 1.54) is 10.5 Å². The fraction of sp³-hybridized carbons (Fsp3) is 0.176. The molecule has 0 saturated carbocycles. The third kappa shape index (κ3) is 6.30. The number of nitrogens with zero attached hydrogens (tertiary/aromatic N) is 1. The molecule has 23 heavy (non-hydrogen) atoms. The van der Waals surface area contributed by atoms with Crippen molar-refractivity contribution in [2.45, 2.75) is 11.8 Å². The largest absolute Gasteiger partial charge is 0.492 e. The molecule has 0 bridgehead atoms. The molecular formula is C17H19N3OS2. The van der Waals surface area contributed by atoms with Crippen LogP contribution in [0.5, 0.6) is 5.75 Å². The van der Waals surface area contributed by atoms with Crippen molar-refractivity contribution in [1.82, 2.24) is 5.43 Å². The summed E-state index contributed by atoms with van der Waals surface area (Å²) in [4.78, 5) is 1.25. The van der Waals surface area contributed by atoms with Crippen molar-refractivity contribution in [3.8, 4) is 5.75 Å². The van der Waals surface area contributed by atoms with Gasteiger partial charge in [0, 0.05) is 16.2 Å². The number of rotatable bonds is 7. The molecule has 0 aromatic heterocycles. The van der Waals surface area contributed by atoms with Crippen molar-refractivity contribution in [2.75, 3.05) is 12.4 Å². The summed E-state index contributed by atoms with van der Waals surface area (Å²) >= 11 is 6.47. The minimum atomic E-state index is 0.133. The average molecular weight is 345 g/mol. The van der Waals surface area contributed by atoms with Crippen LogP contribution in [-0.4, -0.2) is 23.7 Å². The maximum atomic E-state index is 5.84. The number of thioether (sulfide) groups is 1. The van der Waals surface area contributed by atoms with Crippen molar-refractivity contribution >= 4 is 35.3 Å². The van der Waals surface area contributed by atoms with Gasteiger partial charge in [-0.15, -0.1) is 11.8 Å². The Hall–Kier alpha value is -2.05. The normalized spacial score (nSPS) is 10.7. The zero-order chi connectivity index (χ0) is 16.5. The summed E-state index contributed by atoms with van der Waals surface area (Å²) in [6, 6.07) is 16.2. The van der Waals surface area contributed by atoms with Crippen molar-refractivity contribution in [3.05, 3.63) is 59.7 Å². The van der Waals surface area contributed by atoms with Crippen molar-refractivity contribution in [1.29, 1.82) is 0 Å². The number of aryl methyl sites for hydroxylation is 1. The first-order valence-corrected chi connectivity index (χ1v) is 8.54. The average Bonchev–Trinajstić information content (AvgIpc) is 2.54. The van der Waals surface area contributed by atoms with Crippen LogP contribution in [0.3, 0.4) is 0 Å². The third-order valence-electron chi connectivity index (χ3n) is 2.93. The number of para-hydroxylation sites is 1. The Labute approximate surface area is 146 Å². The Kier molecular flexibility index (Phi) is 6.90. The van der Waals surface area contributed by atoms with Crippen LogP contribution in [0.4, 0.5) is 0 Å². The predicted octanol–water partition coefficient (Wildman–Crippen LogP) is 3.33. The Balaban J connectivity index is 1.84. The van der Waals surface area contributed by atoms with Gasteiger partial charge in [0.05, 0.1) is 12.8 Å². The van der Waals surface area contributed by atoms with Gasteiger partial charge in [0.1, 0.15) is 5.75 Å². The number of nitrogens with one attached hydrogen (secondary N) is 1. The molecule has 0 saturated heterocycles.